The van der Waals surface area contributed by atoms with E-state index in [4.69, 9.17) is 37.8 Å². The van der Waals surface area contributed by atoms with Gasteiger partial charge in [-0.2, -0.15) is 0 Å². The van der Waals surface area contributed by atoms with E-state index < -0.39 is 15.9 Å². The number of benzene rings is 3. The third-order valence-electron chi connectivity index (χ3n) is 6.58. The van der Waals surface area contributed by atoms with Crippen LogP contribution in [0.3, 0.4) is 0 Å². The van der Waals surface area contributed by atoms with E-state index in [9.17, 15) is 18.0 Å². The normalized spacial score (nSPS) is 13.9. The molecule has 2 amide bonds. The lowest BCUT2D eigenvalue weighted by Gasteiger charge is -2.34. The summed E-state index contributed by atoms with van der Waals surface area (Å²) in [7, 11) is -4.04. The topological polar surface area (TPSA) is 138 Å². The second kappa shape index (κ2) is 15.4. The predicted octanol–water partition coefficient (Wildman–Crippen LogP) is 3.47. The summed E-state index contributed by atoms with van der Waals surface area (Å²) in [6, 6.07) is 16.5. The Morgan fingerprint density at radius 1 is 0.907 bits per heavy atom. The number of sulfonamides is 1. The van der Waals surface area contributed by atoms with Crippen LogP contribution < -0.4 is 14.8 Å². The van der Waals surface area contributed by atoms with Crippen LogP contribution in [0.1, 0.15) is 10.4 Å². The van der Waals surface area contributed by atoms with Crippen molar-refractivity contribution in [2.45, 2.75) is 4.90 Å². The number of aliphatic hydroxyl groups excluding tert-OH is 1. The van der Waals surface area contributed by atoms with E-state index in [0.717, 1.165) is 6.54 Å². The molecule has 1 fully saturated rings. The Labute approximate surface area is 260 Å². The zero-order valence-electron chi connectivity index (χ0n) is 23.2. The van der Waals surface area contributed by atoms with Crippen LogP contribution in [0.4, 0.5) is 5.69 Å². The third kappa shape index (κ3) is 9.30. The highest BCUT2D eigenvalue weighted by molar-refractivity contribution is 7.92. The van der Waals surface area contributed by atoms with Crippen LogP contribution >= 0.6 is 23.2 Å². The molecular weight excluding hydrogens is 619 g/mol. The van der Waals surface area contributed by atoms with E-state index in [1.807, 2.05) is 0 Å². The van der Waals surface area contributed by atoms with Crippen molar-refractivity contribution >= 4 is 50.7 Å². The molecule has 11 nitrogen and oxygen atoms in total. The molecule has 1 heterocycles. The number of para-hydroxylation sites is 2. The minimum absolute atomic E-state index is 0.0118. The maximum Gasteiger partial charge on any atom is 0.262 e. The first-order chi connectivity index (χ1) is 20.7. The number of halogens is 2. The monoisotopic (exact) mass is 650 g/mol. The van der Waals surface area contributed by atoms with Gasteiger partial charge >= 0.3 is 0 Å². The van der Waals surface area contributed by atoms with Crippen molar-refractivity contribution in [2.75, 3.05) is 63.8 Å². The minimum Gasteiger partial charge on any atom is -0.454 e. The molecule has 3 N–H and O–H groups in total. The fraction of sp³-hybridized carbons (Fsp3) is 0.310. The maximum atomic E-state index is 13.1. The fourth-order valence-corrected chi connectivity index (χ4v) is 5.77. The molecule has 14 heteroatoms. The standard InChI is InChI=1S/C29H32Cl2N4O7S/c30-22-7-10-26(24(31)19-22)42-27-4-2-1-3-25(27)33-43(39,40)23-8-5-21(6-9-23)29(38)32-20-28(37)35-13-11-34(12-14-35)15-17-41-18-16-36/h1-10,19,33,36H,11-18,20H2,(H,32,38). The number of hydrogen-bond acceptors (Lipinski definition) is 8. The molecule has 1 saturated heterocycles. The SMILES string of the molecule is O=C(NCC(=O)N1CCN(CCOCCO)CC1)c1ccc(S(=O)(=O)Nc2ccccc2Oc2ccc(Cl)cc2Cl)cc1. The summed E-state index contributed by atoms with van der Waals surface area (Å²) in [6.07, 6.45) is 0. The third-order valence-corrected chi connectivity index (χ3v) is 8.50. The molecule has 0 aliphatic carbocycles. The minimum atomic E-state index is -4.04. The molecule has 1 aliphatic rings. The highest BCUT2D eigenvalue weighted by Gasteiger charge is 2.22. The Hall–Kier alpha value is -3.39. The number of amides is 2. The predicted molar refractivity (Wildman–Crippen MR) is 163 cm³/mol. The number of anilines is 1. The van der Waals surface area contributed by atoms with Crippen LogP contribution in [-0.2, 0) is 19.6 Å². The van der Waals surface area contributed by atoms with Gasteiger partial charge in [0, 0.05) is 43.3 Å². The van der Waals surface area contributed by atoms with Crippen molar-refractivity contribution in [3.05, 3.63) is 82.3 Å². The fourth-order valence-electron chi connectivity index (χ4n) is 4.26. The molecule has 0 bridgehead atoms. The second-order valence-corrected chi connectivity index (χ2v) is 12.1. The van der Waals surface area contributed by atoms with Crippen molar-refractivity contribution in [3.63, 3.8) is 0 Å². The van der Waals surface area contributed by atoms with Gasteiger partial charge in [0.1, 0.15) is 5.75 Å². The molecule has 1 aliphatic heterocycles. The summed E-state index contributed by atoms with van der Waals surface area (Å²) < 4.78 is 39.9. The molecule has 0 aromatic heterocycles. The lowest BCUT2D eigenvalue weighted by Crippen LogP contribution is -2.51. The van der Waals surface area contributed by atoms with E-state index in [-0.39, 0.29) is 46.0 Å². The lowest BCUT2D eigenvalue weighted by molar-refractivity contribution is -0.131. The average Bonchev–Trinajstić information content (AvgIpc) is 3.00. The molecule has 230 valence electrons. The molecular formula is C29H32Cl2N4O7S. The number of piperazine rings is 1. The number of ether oxygens (including phenoxy) is 2. The highest BCUT2D eigenvalue weighted by Crippen LogP contribution is 2.35. The summed E-state index contributed by atoms with van der Waals surface area (Å²) >= 11 is 12.1. The van der Waals surface area contributed by atoms with Crippen molar-refractivity contribution in [1.82, 2.24) is 15.1 Å². The van der Waals surface area contributed by atoms with Gasteiger partial charge in [0.25, 0.3) is 15.9 Å². The zero-order chi connectivity index (χ0) is 30.8. The van der Waals surface area contributed by atoms with E-state index >= 15 is 0 Å². The Morgan fingerprint density at radius 2 is 1.63 bits per heavy atom. The molecule has 3 aromatic carbocycles. The number of aliphatic hydroxyl groups is 1. The Kier molecular flexibility index (Phi) is 11.6. The molecule has 4 rings (SSSR count). The highest BCUT2D eigenvalue weighted by atomic mass is 35.5. The number of nitrogens with one attached hydrogen (secondary N) is 2. The number of carbonyl (C=O) groups excluding carboxylic acids is 2. The van der Waals surface area contributed by atoms with E-state index in [2.05, 4.69) is 14.9 Å². The molecule has 0 saturated carbocycles. The first-order valence-electron chi connectivity index (χ1n) is 13.5. The van der Waals surface area contributed by atoms with Gasteiger partial charge in [0.05, 0.1) is 42.0 Å². The Morgan fingerprint density at radius 3 is 2.33 bits per heavy atom. The molecule has 0 radical (unpaired) electrons. The molecule has 3 aromatic rings. The number of rotatable bonds is 13. The summed E-state index contributed by atoms with van der Waals surface area (Å²) in [5.41, 5.74) is 0.394. The van der Waals surface area contributed by atoms with Crippen molar-refractivity contribution < 1.29 is 32.6 Å². The number of nitrogens with zero attached hydrogens (tertiary/aromatic N) is 2. The van der Waals surface area contributed by atoms with Crippen LogP contribution in [-0.4, -0.2) is 94.2 Å². The maximum absolute atomic E-state index is 13.1. The quantitative estimate of drug-likeness (QED) is 0.239. The van der Waals surface area contributed by atoms with E-state index in [0.29, 0.717) is 50.2 Å². The van der Waals surface area contributed by atoms with Crippen LogP contribution in [0.25, 0.3) is 0 Å². The summed E-state index contributed by atoms with van der Waals surface area (Å²) in [6.45, 7) is 3.82. The van der Waals surface area contributed by atoms with E-state index in [1.54, 1.807) is 41.3 Å². The van der Waals surface area contributed by atoms with Gasteiger partial charge in [-0.25, -0.2) is 8.42 Å². The van der Waals surface area contributed by atoms with Crippen molar-refractivity contribution in [2.24, 2.45) is 0 Å². The summed E-state index contributed by atoms with van der Waals surface area (Å²) in [4.78, 5) is 29.0. The molecule has 0 spiro atoms. The first kappa shape index (κ1) is 32.5. The van der Waals surface area contributed by atoms with Gasteiger partial charge < -0.3 is 24.8 Å². The molecule has 0 atom stereocenters. The van der Waals surface area contributed by atoms with Gasteiger partial charge in [-0.05, 0) is 54.6 Å². The van der Waals surface area contributed by atoms with Gasteiger partial charge in [0.15, 0.2) is 5.75 Å². The molecule has 0 unspecified atom stereocenters. The van der Waals surface area contributed by atoms with Gasteiger partial charge in [-0.1, -0.05) is 35.3 Å². The zero-order valence-corrected chi connectivity index (χ0v) is 25.5. The van der Waals surface area contributed by atoms with Crippen LogP contribution in [0.15, 0.2) is 71.6 Å². The lowest BCUT2D eigenvalue weighted by atomic mass is 10.2. The van der Waals surface area contributed by atoms with Gasteiger partial charge in [-0.3, -0.25) is 19.2 Å². The first-order valence-corrected chi connectivity index (χ1v) is 15.7. The number of carbonyl (C=O) groups is 2. The molecule has 43 heavy (non-hydrogen) atoms. The van der Waals surface area contributed by atoms with Crippen LogP contribution in [0, 0.1) is 0 Å². The largest absolute Gasteiger partial charge is 0.454 e. The Balaban J connectivity index is 1.29. The van der Waals surface area contributed by atoms with Gasteiger partial charge in [-0.15, -0.1) is 0 Å². The number of hydrogen-bond donors (Lipinski definition) is 3. The summed E-state index contributed by atoms with van der Waals surface area (Å²) in [5.74, 6) is -0.170. The summed E-state index contributed by atoms with van der Waals surface area (Å²) in [5, 5.41) is 12.1. The average molecular weight is 652 g/mol. The van der Waals surface area contributed by atoms with Crippen molar-refractivity contribution in [3.8, 4) is 11.5 Å². The Bertz CT molecular complexity index is 1520. The van der Waals surface area contributed by atoms with Gasteiger partial charge in [0.2, 0.25) is 5.91 Å². The smallest absolute Gasteiger partial charge is 0.262 e. The van der Waals surface area contributed by atoms with Crippen LogP contribution in [0.5, 0.6) is 11.5 Å². The van der Waals surface area contributed by atoms with Crippen LogP contribution in [0.2, 0.25) is 10.0 Å². The van der Waals surface area contributed by atoms with E-state index in [1.165, 1.54) is 30.3 Å². The van der Waals surface area contributed by atoms with Crippen molar-refractivity contribution in [1.29, 1.82) is 0 Å². The second-order valence-electron chi connectivity index (χ2n) is 9.54.